The highest BCUT2D eigenvalue weighted by Crippen LogP contribution is 2.44. The van der Waals surface area contributed by atoms with E-state index < -0.39 is 17.6 Å². The first-order valence-corrected chi connectivity index (χ1v) is 13.4. The van der Waals surface area contributed by atoms with Crippen molar-refractivity contribution in [2.75, 3.05) is 18.4 Å². The van der Waals surface area contributed by atoms with Crippen LogP contribution in [0.25, 0.3) is 21.3 Å². The Morgan fingerprint density at radius 1 is 1.07 bits per heavy atom. The van der Waals surface area contributed by atoms with Gasteiger partial charge in [-0.2, -0.15) is 0 Å². The van der Waals surface area contributed by atoms with Gasteiger partial charge < -0.3 is 15.9 Å². The van der Waals surface area contributed by atoms with Gasteiger partial charge in [-0.1, -0.05) is 23.7 Å². The Morgan fingerprint density at radius 2 is 1.73 bits per heavy atom. The first kappa shape index (κ1) is 31.7. The van der Waals surface area contributed by atoms with E-state index in [4.69, 9.17) is 16.7 Å². The number of hydrogen-bond donors (Lipinski definition) is 2. The number of thiophene rings is 1. The zero-order valence-corrected chi connectivity index (χ0v) is 23.1. The molecule has 3 heterocycles. The summed E-state index contributed by atoms with van der Waals surface area (Å²) in [5.41, 5.74) is 2.24. The Balaban J connectivity index is 0.000000516. The number of carbonyl (C=O) groups excluding carboxylic acids is 1. The molecule has 2 aromatic carbocycles. The Hall–Kier alpha value is -3.84. The number of fused-ring (bicyclic) bond motifs is 1. The number of aromatic nitrogens is 2. The van der Waals surface area contributed by atoms with Gasteiger partial charge in [0.2, 0.25) is 0 Å². The summed E-state index contributed by atoms with van der Waals surface area (Å²) in [6.45, 7) is 2.09. The molecule has 41 heavy (non-hydrogen) atoms. The summed E-state index contributed by atoms with van der Waals surface area (Å²) >= 11 is 7.91. The molecule has 0 aliphatic carbocycles. The lowest BCUT2D eigenvalue weighted by atomic mass is 10.0. The van der Waals surface area contributed by atoms with Crippen LogP contribution < -0.4 is 5.32 Å². The molecular formula is C28H26ClF3N4O4S. The zero-order valence-electron chi connectivity index (χ0n) is 21.5. The maximum atomic E-state index is 13.5. The van der Waals surface area contributed by atoms with Gasteiger partial charge in [0.25, 0.3) is 0 Å². The number of aldehydes is 1. The number of nitrogens with one attached hydrogen (secondary N) is 1. The molecule has 1 fully saturated rings. The minimum Gasteiger partial charge on any atom is -0.478 e. The van der Waals surface area contributed by atoms with Crippen LogP contribution in [-0.4, -0.2) is 56.8 Å². The number of likely N-dealkylation sites (tertiary alicyclic amines) is 1. The quantitative estimate of drug-likeness (QED) is 0.210. The number of hydrogen-bond acceptors (Lipinski definition) is 7. The van der Waals surface area contributed by atoms with Crippen molar-refractivity contribution in [1.29, 1.82) is 0 Å². The molecule has 1 aliphatic rings. The van der Waals surface area contributed by atoms with E-state index in [9.17, 15) is 22.8 Å². The number of halogens is 4. The normalized spacial score (nSPS) is 13.9. The number of piperidine rings is 1. The first-order chi connectivity index (χ1) is 19.2. The molecule has 2 aromatic heterocycles. The van der Waals surface area contributed by atoms with E-state index in [1.165, 1.54) is 41.9 Å². The predicted octanol–water partition coefficient (Wildman–Crippen LogP) is 5.51. The Morgan fingerprint density at radius 3 is 2.32 bits per heavy atom. The van der Waals surface area contributed by atoms with Crippen molar-refractivity contribution in [2.24, 2.45) is 0 Å². The van der Waals surface area contributed by atoms with Gasteiger partial charge in [-0.05, 0) is 54.3 Å². The highest BCUT2D eigenvalue weighted by Gasteiger charge is 2.23. The van der Waals surface area contributed by atoms with Crippen LogP contribution in [0.15, 0.2) is 60.9 Å². The van der Waals surface area contributed by atoms with Crippen molar-refractivity contribution in [1.82, 2.24) is 14.9 Å². The van der Waals surface area contributed by atoms with Crippen molar-refractivity contribution >= 4 is 51.2 Å². The summed E-state index contributed by atoms with van der Waals surface area (Å²) in [5.74, 6) is -1.82. The molecule has 0 spiro atoms. The van der Waals surface area contributed by atoms with Gasteiger partial charge in [-0.15, -0.1) is 11.3 Å². The van der Waals surface area contributed by atoms with Crippen LogP contribution in [0.5, 0.6) is 0 Å². The van der Waals surface area contributed by atoms with E-state index in [0.29, 0.717) is 28.5 Å². The molecule has 0 radical (unpaired) electrons. The molecule has 0 saturated carbocycles. The summed E-state index contributed by atoms with van der Waals surface area (Å²) in [4.78, 5) is 30.7. The fourth-order valence-electron chi connectivity index (χ4n) is 4.40. The maximum Gasteiger partial charge on any atom is 0.328 e. The van der Waals surface area contributed by atoms with E-state index in [-0.39, 0.29) is 17.3 Å². The number of benzene rings is 2. The lowest BCUT2D eigenvalue weighted by Crippen LogP contribution is -2.38. The topological polar surface area (TPSA) is 127 Å². The summed E-state index contributed by atoms with van der Waals surface area (Å²) in [6.07, 6.45) is 5.32. The lowest BCUT2D eigenvalue weighted by Gasteiger charge is -2.32. The number of carbonyl (C=O) groups is 2. The van der Waals surface area contributed by atoms with E-state index in [1.54, 1.807) is 12.1 Å². The second kappa shape index (κ2) is 14.7. The van der Waals surface area contributed by atoms with Crippen molar-refractivity contribution in [3.05, 3.63) is 88.3 Å². The van der Waals surface area contributed by atoms with Crippen LogP contribution in [0.1, 0.15) is 18.4 Å². The fourth-order valence-corrected chi connectivity index (χ4v) is 5.72. The molecular weight excluding hydrogens is 581 g/mol. The standard InChI is InChI=1S/C24H20ClF3N4S.C4H4O3.H2O/c25-22-20(15-1-3-16(26)4-2-15)21-23(29-13-30-24(21)33-22)31-19-5-7-32(8-6-19)12-14-9-17(27)11-18(28)10-14;5-3-1-2-4(6)7;/h1-4,9-11,13,19H,5-8,12H2,(H,29,30,31);1-3H,(H,6,7);1H2/b;2-1-;. The van der Waals surface area contributed by atoms with Gasteiger partial charge >= 0.3 is 5.97 Å². The summed E-state index contributed by atoms with van der Waals surface area (Å²) < 4.78 is 41.0. The van der Waals surface area contributed by atoms with Crippen molar-refractivity contribution < 1.29 is 33.3 Å². The van der Waals surface area contributed by atoms with Crippen LogP contribution in [0, 0.1) is 17.5 Å². The molecule has 0 atom stereocenters. The second-order valence-electron chi connectivity index (χ2n) is 8.97. The molecule has 1 aliphatic heterocycles. The van der Waals surface area contributed by atoms with Gasteiger partial charge in [-0.3, -0.25) is 9.69 Å². The number of nitrogens with zero attached hydrogens (tertiary/aromatic N) is 3. The van der Waals surface area contributed by atoms with E-state index in [1.807, 2.05) is 0 Å². The maximum absolute atomic E-state index is 13.5. The monoisotopic (exact) mass is 606 g/mol. The van der Waals surface area contributed by atoms with Crippen LogP contribution in [0.4, 0.5) is 19.0 Å². The van der Waals surface area contributed by atoms with Gasteiger partial charge in [0.1, 0.15) is 45.0 Å². The number of aliphatic carboxylic acids is 1. The van der Waals surface area contributed by atoms with Gasteiger partial charge in [0, 0.05) is 43.4 Å². The molecule has 0 amide bonds. The van der Waals surface area contributed by atoms with Crippen molar-refractivity contribution in [3.8, 4) is 11.1 Å². The Kier molecular flexibility index (Phi) is 11.4. The molecule has 5 rings (SSSR count). The fraction of sp³-hybridized carbons (Fsp3) is 0.214. The minimum atomic E-state index is -1.10. The molecule has 4 N–H and O–H groups in total. The number of allylic oxidation sites excluding steroid dienone is 1. The van der Waals surface area contributed by atoms with Crippen molar-refractivity contribution in [2.45, 2.75) is 25.4 Å². The third-order valence-corrected chi connectivity index (χ3v) is 7.46. The first-order valence-electron chi connectivity index (χ1n) is 12.2. The zero-order chi connectivity index (χ0) is 28.6. The van der Waals surface area contributed by atoms with Gasteiger partial charge in [0.05, 0.1) is 5.39 Å². The summed E-state index contributed by atoms with van der Waals surface area (Å²) in [6, 6.07) is 10.0. The van der Waals surface area contributed by atoms with Gasteiger partial charge in [0.15, 0.2) is 0 Å². The molecule has 13 heteroatoms. The Bertz CT molecular complexity index is 1510. The van der Waals surface area contributed by atoms with E-state index in [2.05, 4.69) is 20.2 Å². The van der Waals surface area contributed by atoms with Crippen LogP contribution in [-0.2, 0) is 16.1 Å². The summed E-state index contributed by atoms with van der Waals surface area (Å²) in [5, 5.41) is 12.2. The molecule has 1 saturated heterocycles. The number of carboxylic acids is 1. The van der Waals surface area contributed by atoms with Crippen LogP contribution in [0.2, 0.25) is 4.34 Å². The lowest BCUT2D eigenvalue weighted by molar-refractivity contribution is -0.131. The van der Waals surface area contributed by atoms with Crippen LogP contribution >= 0.6 is 22.9 Å². The van der Waals surface area contributed by atoms with E-state index in [0.717, 1.165) is 65.5 Å². The minimum absolute atomic E-state index is 0. The number of rotatable bonds is 7. The van der Waals surface area contributed by atoms with Gasteiger partial charge in [-0.25, -0.2) is 27.9 Å². The average Bonchev–Trinajstić information content (AvgIpc) is 3.25. The van der Waals surface area contributed by atoms with E-state index >= 15 is 0 Å². The third-order valence-electron chi connectivity index (χ3n) is 6.15. The number of anilines is 1. The van der Waals surface area contributed by atoms with Crippen LogP contribution in [0.3, 0.4) is 0 Å². The smallest absolute Gasteiger partial charge is 0.328 e. The largest absolute Gasteiger partial charge is 0.478 e. The molecule has 216 valence electrons. The van der Waals surface area contributed by atoms with Crippen molar-refractivity contribution in [3.63, 3.8) is 0 Å². The molecule has 8 nitrogen and oxygen atoms in total. The predicted molar refractivity (Wildman–Crippen MR) is 153 cm³/mol. The molecule has 4 aromatic rings. The molecule has 0 bridgehead atoms. The SMILES string of the molecule is Fc1ccc(-c2c(Cl)sc3ncnc(NC4CCN(Cc5cc(F)cc(F)c5)CC4)c23)cc1.O.O=C/C=C\C(=O)O. The average molecular weight is 607 g/mol. The molecule has 0 unspecified atom stereocenters. The highest BCUT2D eigenvalue weighted by molar-refractivity contribution is 7.23. The third kappa shape index (κ3) is 8.57. The Labute approximate surface area is 242 Å². The second-order valence-corrected chi connectivity index (χ2v) is 10.6. The highest BCUT2D eigenvalue weighted by atomic mass is 35.5. The number of carboxylic acid groups (broad SMARTS) is 1. The summed E-state index contributed by atoms with van der Waals surface area (Å²) in [7, 11) is 0.